The van der Waals surface area contributed by atoms with Gasteiger partial charge < -0.3 is 23.4 Å². The summed E-state index contributed by atoms with van der Waals surface area (Å²) in [6.07, 6.45) is 52.6. The number of carbonyl (C=O) groups excluding carboxylic acids is 2. The van der Waals surface area contributed by atoms with E-state index in [0.717, 1.165) is 32.1 Å². The Kier molecular flexibility index (Phi) is 46.9. The lowest BCUT2D eigenvalue weighted by molar-refractivity contribution is -0.228. The van der Waals surface area contributed by atoms with Gasteiger partial charge in [0.1, 0.15) is 12.4 Å². The minimum absolute atomic E-state index is 0.0311. The molecule has 0 saturated heterocycles. The van der Waals surface area contributed by atoms with Gasteiger partial charge in [-0.3, -0.25) is 14.2 Å². The van der Waals surface area contributed by atoms with Crippen molar-refractivity contribution in [3.63, 3.8) is 0 Å². The molecule has 0 aliphatic rings. The van der Waals surface area contributed by atoms with Crippen LogP contribution >= 0.6 is 7.82 Å². The number of ether oxygens (including phenoxy) is 2. The van der Waals surface area contributed by atoms with Crippen LogP contribution in [0.4, 0.5) is 0 Å². The van der Waals surface area contributed by atoms with Gasteiger partial charge in [0.25, 0.3) is 7.82 Å². The first-order chi connectivity index (χ1) is 29.7. The summed E-state index contributed by atoms with van der Waals surface area (Å²) in [6, 6.07) is 0. The zero-order chi connectivity index (χ0) is 44.8. The van der Waals surface area contributed by atoms with Crippen molar-refractivity contribution >= 4 is 30.7 Å². The molecule has 364 valence electrons. The Morgan fingerprint density at radius 2 is 0.738 bits per heavy atom. The van der Waals surface area contributed by atoms with Crippen LogP contribution < -0.4 is 4.89 Å². The highest BCUT2D eigenvalue weighted by atomic mass is 32.2. The fourth-order valence-electron chi connectivity index (χ4n) is 7.84. The van der Waals surface area contributed by atoms with Gasteiger partial charge in [0, 0.05) is 12.8 Å². The van der Waals surface area contributed by atoms with E-state index in [9.17, 15) is 19.0 Å². The highest BCUT2D eigenvalue weighted by molar-refractivity contribution is 7.95. The maximum atomic E-state index is 12.7. The molecule has 0 spiro atoms. The third-order valence-corrected chi connectivity index (χ3v) is 13.8. The van der Waals surface area contributed by atoms with Gasteiger partial charge in [0.05, 0.1) is 25.7 Å². The average molecular weight is 905 g/mol. The Morgan fingerprint density at radius 1 is 0.443 bits per heavy atom. The van der Waals surface area contributed by atoms with Gasteiger partial charge in [0.15, 0.2) is 6.10 Å². The van der Waals surface area contributed by atoms with E-state index in [1.165, 1.54) is 205 Å². The summed E-state index contributed by atoms with van der Waals surface area (Å²) in [7, 11) is -4.55. The molecular formula is C51H101O8PS. The molecule has 1 unspecified atom stereocenters. The van der Waals surface area contributed by atoms with Gasteiger partial charge in [-0.05, 0) is 23.7 Å². The maximum Gasteiger partial charge on any atom is 0.306 e. The molecule has 0 N–H and O–H groups in total. The van der Waals surface area contributed by atoms with Crippen molar-refractivity contribution in [2.45, 2.75) is 277 Å². The van der Waals surface area contributed by atoms with Crippen LogP contribution in [0, 0.1) is 0 Å². The molecule has 0 heterocycles. The number of hydrogen-bond donors (Lipinski definition) is 0. The number of esters is 2. The van der Waals surface area contributed by atoms with E-state index >= 15 is 0 Å². The van der Waals surface area contributed by atoms with Gasteiger partial charge in [0.2, 0.25) is 0 Å². The monoisotopic (exact) mass is 905 g/mol. The summed E-state index contributed by atoms with van der Waals surface area (Å²) in [6.45, 7) is 3.91. The minimum Gasteiger partial charge on any atom is -0.756 e. The molecule has 0 rings (SSSR count). The summed E-state index contributed by atoms with van der Waals surface area (Å²) in [5.74, 6) is -0.200. The first-order valence-corrected chi connectivity index (χ1v) is 29.9. The zero-order valence-electron chi connectivity index (χ0n) is 40.8. The van der Waals surface area contributed by atoms with Crippen LogP contribution in [0.3, 0.4) is 0 Å². The van der Waals surface area contributed by atoms with E-state index in [-0.39, 0.29) is 36.5 Å². The van der Waals surface area contributed by atoms with Gasteiger partial charge in [-0.2, -0.15) is 0 Å². The van der Waals surface area contributed by atoms with Crippen molar-refractivity contribution in [3.05, 3.63) is 0 Å². The lowest BCUT2D eigenvalue weighted by Crippen LogP contribution is -2.30. The molecule has 0 aromatic carbocycles. The molecule has 2 atom stereocenters. The molecule has 0 aliphatic carbocycles. The molecule has 0 fully saturated rings. The molecular weight excluding hydrogens is 804 g/mol. The molecule has 0 aromatic heterocycles. The Bertz CT molecular complexity index is 982. The molecule has 61 heavy (non-hydrogen) atoms. The van der Waals surface area contributed by atoms with Gasteiger partial charge >= 0.3 is 11.9 Å². The first kappa shape index (κ1) is 60.4. The zero-order valence-corrected chi connectivity index (χ0v) is 42.5. The second-order valence-electron chi connectivity index (χ2n) is 18.3. The number of carbonyl (C=O) groups is 2. The number of phosphoric acid groups is 1. The number of rotatable bonds is 50. The Balaban J connectivity index is 4.11. The summed E-state index contributed by atoms with van der Waals surface area (Å²) < 4.78 is 33.4. The lowest BCUT2D eigenvalue weighted by Gasteiger charge is -2.25. The quantitative estimate of drug-likeness (QED) is 0.0257. The predicted molar refractivity (Wildman–Crippen MR) is 260 cm³/mol. The average Bonchev–Trinajstić information content (AvgIpc) is 3.23. The largest absolute Gasteiger partial charge is 0.756 e. The predicted octanol–water partition coefficient (Wildman–Crippen LogP) is 15.5. The van der Waals surface area contributed by atoms with Crippen LogP contribution in [0.1, 0.15) is 271 Å². The van der Waals surface area contributed by atoms with Crippen molar-refractivity contribution in [1.29, 1.82) is 0 Å². The highest BCUT2D eigenvalue weighted by Crippen LogP contribution is 2.38. The number of hydrogen-bond acceptors (Lipinski definition) is 8. The first-order valence-electron chi connectivity index (χ1n) is 26.2. The topological polar surface area (TPSA) is 111 Å². The van der Waals surface area contributed by atoms with Crippen LogP contribution in [-0.2, 0) is 43.6 Å². The molecule has 0 aromatic rings. The second kappa shape index (κ2) is 47.4. The van der Waals surface area contributed by atoms with Crippen molar-refractivity contribution in [2.75, 3.05) is 38.1 Å². The Hall–Kier alpha value is -0.600. The van der Waals surface area contributed by atoms with Crippen LogP contribution in [0.5, 0.6) is 0 Å². The normalized spacial score (nSPS) is 13.1. The highest BCUT2D eigenvalue weighted by Gasteiger charge is 2.21. The molecule has 0 aliphatic heterocycles. The van der Waals surface area contributed by atoms with Gasteiger partial charge in [-0.15, -0.1) is 0 Å². The van der Waals surface area contributed by atoms with Crippen molar-refractivity contribution in [2.24, 2.45) is 0 Å². The van der Waals surface area contributed by atoms with E-state index in [0.29, 0.717) is 18.6 Å². The van der Waals surface area contributed by atoms with E-state index in [1.807, 2.05) is 12.5 Å². The number of unbranched alkanes of at least 4 members (excludes halogenated alkanes) is 36. The van der Waals surface area contributed by atoms with Crippen LogP contribution in [0.25, 0.3) is 0 Å². The molecule has 0 saturated carbocycles. The fraction of sp³-hybridized carbons (Fsp3) is 0.961. The Morgan fingerprint density at radius 3 is 1.05 bits per heavy atom. The lowest BCUT2D eigenvalue weighted by atomic mass is 10.0. The maximum absolute atomic E-state index is 12.7. The molecule has 0 amide bonds. The molecule has 8 nitrogen and oxygen atoms in total. The van der Waals surface area contributed by atoms with Crippen LogP contribution in [-0.4, -0.2) is 56.1 Å². The second-order valence-corrected chi connectivity index (χ2v) is 22.1. The van der Waals surface area contributed by atoms with Gasteiger partial charge in [-0.1, -0.05) is 245 Å². The van der Waals surface area contributed by atoms with E-state index in [4.69, 9.17) is 18.5 Å². The van der Waals surface area contributed by atoms with E-state index < -0.39 is 26.5 Å². The van der Waals surface area contributed by atoms with E-state index in [1.54, 1.807) is 0 Å². The third kappa shape index (κ3) is 48.7. The van der Waals surface area contributed by atoms with Crippen molar-refractivity contribution in [3.8, 4) is 0 Å². The minimum atomic E-state index is -4.58. The van der Waals surface area contributed by atoms with Crippen LogP contribution in [0.15, 0.2) is 0 Å². The van der Waals surface area contributed by atoms with Crippen molar-refractivity contribution < 1.29 is 37.6 Å². The fourth-order valence-corrected chi connectivity index (χ4v) is 9.12. The summed E-state index contributed by atoms with van der Waals surface area (Å²) in [4.78, 5) is 37.6. The summed E-state index contributed by atoms with van der Waals surface area (Å²) in [5, 5.41) is 0. The van der Waals surface area contributed by atoms with Crippen molar-refractivity contribution in [1.82, 2.24) is 0 Å². The SMILES string of the molecule is CCCCCCCCCCCCCCCCCCCCCC(=O)OC[C@H](COP(=O)([O-])OCC[S+](C)C)OC(=O)CCCCCCCCCCCCCCCCCCCCC. The van der Waals surface area contributed by atoms with Crippen LogP contribution in [0.2, 0.25) is 0 Å². The summed E-state index contributed by atoms with van der Waals surface area (Å²) >= 11 is 0. The summed E-state index contributed by atoms with van der Waals surface area (Å²) in [5.41, 5.74) is 0. The smallest absolute Gasteiger partial charge is 0.306 e. The third-order valence-electron chi connectivity index (χ3n) is 11.9. The number of phosphoric ester groups is 1. The molecule has 0 bridgehead atoms. The molecule has 10 heteroatoms. The standard InChI is InChI=1S/C51H101O8PS/c1-5-7-9-11-13-15-17-19-21-23-25-27-29-31-33-35-37-39-41-43-50(52)56-47-49(48-58-60(54,55)57-45-46-61(3)4)59-51(53)44-42-40-38-36-34-32-30-28-26-24-22-20-18-16-14-12-10-8-6-2/h49H,5-48H2,1-4H3/t49-/m1/s1. The van der Waals surface area contributed by atoms with E-state index in [2.05, 4.69) is 13.8 Å². The van der Waals surface area contributed by atoms with Gasteiger partial charge in [-0.25, -0.2) is 0 Å². The Labute approximate surface area is 381 Å². The molecule has 0 radical (unpaired) electrons.